The van der Waals surface area contributed by atoms with Crippen molar-refractivity contribution in [3.05, 3.63) is 76.3 Å². The second-order valence-electron chi connectivity index (χ2n) is 15.1. The summed E-state index contributed by atoms with van der Waals surface area (Å²) in [6, 6.07) is 14.6. The lowest BCUT2D eigenvalue weighted by atomic mass is 9.82. The monoisotopic (exact) mass is 708 g/mol. The maximum atomic E-state index is 12.3. The first-order chi connectivity index (χ1) is 24.7. The lowest BCUT2D eigenvalue weighted by molar-refractivity contribution is -0.136. The zero-order chi connectivity index (χ0) is 35.1. The Morgan fingerprint density at radius 1 is 1.04 bits per heavy atom. The number of furan rings is 1. The molecule has 0 atom stereocenters. The van der Waals surface area contributed by atoms with Crippen molar-refractivity contribution in [2.75, 3.05) is 49.2 Å². The molecule has 11 heteroatoms. The number of aliphatic carboxylic acids is 1. The molecule has 8 rings (SSSR count). The topological polar surface area (TPSA) is 117 Å². The van der Waals surface area contributed by atoms with Gasteiger partial charge < -0.3 is 29.4 Å². The normalized spacial score (nSPS) is 18.0. The molecule has 3 aromatic heterocycles. The number of halogens is 1. The van der Waals surface area contributed by atoms with Gasteiger partial charge in [-0.1, -0.05) is 55.8 Å². The summed E-state index contributed by atoms with van der Waals surface area (Å²) in [4.78, 5) is 31.1. The number of anilines is 2. The molecule has 0 bridgehead atoms. The van der Waals surface area contributed by atoms with E-state index in [1.165, 1.54) is 11.1 Å². The second-order valence-corrected chi connectivity index (χ2v) is 15.4. The minimum Gasteiger partial charge on any atom is -0.481 e. The summed E-state index contributed by atoms with van der Waals surface area (Å²) in [5.41, 5.74) is 9.46. The van der Waals surface area contributed by atoms with Gasteiger partial charge >= 0.3 is 5.97 Å². The Labute approximate surface area is 303 Å². The van der Waals surface area contributed by atoms with Crippen LogP contribution in [0.25, 0.3) is 33.2 Å². The molecule has 0 radical (unpaired) electrons. The van der Waals surface area contributed by atoms with Gasteiger partial charge in [-0.25, -0.2) is 15.0 Å². The largest absolute Gasteiger partial charge is 0.481 e. The molecule has 3 aliphatic heterocycles. The average molecular weight is 709 g/mol. The van der Waals surface area contributed by atoms with Gasteiger partial charge in [0.1, 0.15) is 22.6 Å². The van der Waals surface area contributed by atoms with Crippen LogP contribution in [0.2, 0.25) is 5.15 Å². The van der Waals surface area contributed by atoms with E-state index in [4.69, 9.17) is 25.7 Å². The third kappa shape index (κ3) is 6.89. The van der Waals surface area contributed by atoms with Crippen molar-refractivity contribution >= 4 is 51.1 Å². The van der Waals surface area contributed by atoms with Gasteiger partial charge in [-0.3, -0.25) is 4.79 Å². The summed E-state index contributed by atoms with van der Waals surface area (Å²) in [6.45, 7) is 10.7. The molecule has 0 unspecified atom stereocenters. The lowest BCUT2D eigenvalue weighted by Gasteiger charge is -2.40. The number of hydrogen-bond donors (Lipinski definition) is 2. The first-order valence-electron chi connectivity index (χ1n) is 18.2. The minimum atomic E-state index is -0.914. The molecule has 51 heavy (non-hydrogen) atoms. The zero-order valence-corrected chi connectivity index (χ0v) is 30.1. The Bertz CT molecular complexity index is 2080. The van der Waals surface area contributed by atoms with Crippen LogP contribution in [0.4, 0.5) is 11.5 Å². The molecule has 0 saturated carbocycles. The van der Waals surface area contributed by atoms with Crippen LogP contribution in [0, 0.1) is 11.3 Å². The Hall–Kier alpha value is -4.25. The van der Waals surface area contributed by atoms with Crippen molar-refractivity contribution in [1.82, 2.24) is 20.3 Å². The average Bonchev–Trinajstić information content (AvgIpc) is 3.52. The highest BCUT2D eigenvalue weighted by Crippen LogP contribution is 2.44. The van der Waals surface area contributed by atoms with E-state index in [9.17, 15) is 9.90 Å². The predicted molar refractivity (Wildman–Crippen MR) is 201 cm³/mol. The number of carbonyl (C=O) groups is 1. The number of piperidine rings is 1. The fourth-order valence-electron chi connectivity index (χ4n) is 8.02. The number of carboxylic acids is 1. The number of aromatic nitrogens is 3. The van der Waals surface area contributed by atoms with E-state index < -0.39 is 5.97 Å². The number of fused-ring (bicyclic) bond motifs is 4. The van der Waals surface area contributed by atoms with Crippen LogP contribution in [-0.4, -0.2) is 65.4 Å². The molecule has 6 heterocycles. The molecule has 0 spiro atoms. The maximum Gasteiger partial charge on any atom is 0.308 e. The molecule has 10 nitrogen and oxygen atoms in total. The fraction of sp³-hybridized carbons (Fsp3) is 0.450. The summed E-state index contributed by atoms with van der Waals surface area (Å²) >= 11 is 6.93. The Morgan fingerprint density at radius 3 is 2.65 bits per heavy atom. The molecule has 2 fully saturated rings. The second kappa shape index (κ2) is 14.1. The molecule has 2 saturated heterocycles. The number of pyridine rings is 1. The number of rotatable bonds is 9. The van der Waals surface area contributed by atoms with Crippen LogP contribution >= 0.6 is 11.6 Å². The SMILES string of the molecule is CC1(C)CCN(c2c(CC(=O)O)c(Cl)nc(CNCC3CCOCC3)c2-c2ccc3c(c2)CCN(c2ncnc4c2oc2ccccc24)C3)CC1. The smallest absolute Gasteiger partial charge is 0.308 e. The van der Waals surface area contributed by atoms with Crippen molar-refractivity contribution in [2.24, 2.45) is 11.3 Å². The van der Waals surface area contributed by atoms with Crippen molar-refractivity contribution in [3.8, 4) is 11.1 Å². The summed E-state index contributed by atoms with van der Waals surface area (Å²) in [7, 11) is 0. The van der Waals surface area contributed by atoms with Gasteiger partial charge in [0.25, 0.3) is 0 Å². The lowest BCUT2D eigenvalue weighted by Crippen LogP contribution is -2.38. The van der Waals surface area contributed by atoms with Gasteiger partial charge in [-0.05, 0) is 78.8 Å². The number of nitrogens with zero attached hydrogens (tertiary/aromatic N) is 5. The van der Waals surface area contributed by atoms with Gasteiger partial charge in [0.05, 0.1) is 17.8 Å². The van der Waals surface area contributed by atoms with Crippen molar-refractivity contribution in [2.45, 2.75) is 65.5 Å². The van der Waals surface area contributed by atoms with Crippen molar-refractivity contribution in [1.29, 1.82) is 0 Å². The molecule has 0 amide bonds. The Kier molecular flexibility index (Phi) is 9.33. The highest BCUT2D eigenvalue weighted by molar-refractivity contribution is 6.31. The number of benzene rings is 2. The molecule has 0 aliphatic carbocycles. The number of hydrogen-bond acceptors (Lipinski definition) is 9. The Morgan fingerprint density at radius 2 is 1.84 bits per heavy atom. The molecule has 5 aromatic rings. The predicted octanol–water partition coefficient (Wildman–Crippen LogP) is 7.42. The molecular formula is C40H45ClN6O4. The van der Waals surface area contributed by atoms with E-state index in [1.54, 1.807) is 6.33 Å². The fourth-order valence-corrected chi connectivity index (χ4v) is 8.28. The summed E-state index contributed by atoms with van der Waals surface area (Å²) < 4.78 is 11.9. The van der Waals surface area contributed by atoms with E-state index in [-0.39, 0.29) is 17.0 Å². The van der Waals surface area contributed by atoms with Gasteiger partial charge in [0, 0.05) is 62.5 Å². The van der Waals surface area contributed by atoms with Crippen LogP contribution in [0.15, 0.2) is 53.2 Å². The minimum absolute atomic E-state index is 0.182. The highest BCUT2D eigenvalue weighted by atomic mass is 35.5. The van der Waals surface area contributed by atoms with Gasteiger partial charge in [-0.15, -0.1) is 0 Å². The zero-order valence-electron chi connectivity index (χ0n) is 29.4. The number of nitrogens with one attached hydrogen (secondary N) is 1. The van der Waals surface area contributed by atoms with Crippen LogP contribution in [-0.2, 0) is 35.5 Å². The van der Waals surface area contributed by atoms with E-state index >= 15 is 0 Å². The quantitative estimate of drug-likeness (QED) is 0.150. The summed E-state index contributed by atoms with van der Waals surface area (Å²) in [5, 5.41) is 15.0. The number of carboxylic acid groups (broad SMARTS) is 1. The number of para-hydroxylation sites is 1. The van der Waals surface area contributed by atoms with E-state index in [0.29, 0.717) is 30.2 Å². The molecule has 3 aliphatic rings. The van der Waals surface area contributed by atoms with Gasteiger partial charge in [-0.2, -0.15) is 0 Å². The summed E-state index contributed by atoms with van der Waals surface area (Å²) in [5.74, 6) is 0.442. The maximum absolute atomic E-state index is 12.3. The standard InChI is InChI=1S/C40H45ClN6O4/c1-40(2)12-15-46(16-13-40)36-30(20-33(48)49)38(41)45-31(22-42-21-25-10-17-50-18-11-25)34(36)27-7-8-28-23-47(14-9-26(28)19-27)39-37-35(43-24-44-39)29-5-3-4-6-32(29)51-37/h3-8,19,24-25,42H,9-18,20-23H2,1-2H3,(H,48,49). The van der Waals surface area contributed by atoms with E-state index in [1.807, 2.05) is 24.3 Å². The van der Waals surface area contributed by atoms with E-state index in [2.05, 4.69) is 57.1 Å². The first kappa shape index (κ1) is 33.9. The van der Waals surface area contributed by atoms with Crippen molar-refractivity contribution in [3.63, 3.8) is 0 Å². The van der Waals surface area contributed by atoms with Crippen LogP contribution in [0.1, 0.15) is 61.9 Å². The number of ether oxygens (including phenoxy) is 1. The molecule has 266 valence electrons. The van der Waals surface area contributed by atoms with Crippen LogP contribution in [0.5, 0.6) is 0 Å². The highest BCUT2D eigenvalue weighted by Gasteiger charge is 2.32. The van der Waals surface area contributed by atoms with Crippen molar-refractivity contribution < 1.29 is 19.1 Å². The molecule has 2 aromatic carbocycles. The van der Waals surface area contributed by atoms with Crippen LogP contribution < -0.4 is 15.1 Å². The third-order valence-electron chi connectivity index (χ3n) is 11.1. The molecular weight excluding hydrogens is 664 g/mol. The van der Waals surface area contributed by atoms with E-state index in [0.717, 1.165) is 116 Å². The summed E-state index contributed by atoms with van der Waals surface area (Å²) in [6.07, 6.45) is 6.37. The van der Waals surface area contributed by atoms with Crippen LogP contribution in [0.3, 0.4) is 0 Å². The first-order valence-corrected chi connectivity index (χ1v) is 18.6. The van der Waals surface area contributed by atoms with Gasteiger partial charge in [0.15, 0.2) is 11.4 Å². The molecule has 2 N–H and O–H groups in total. The van der Waals surface area contributed by atoms with Gasteiger partial charge in [0.2, 0.25) is 0 Å². The Balaban J connectivity index is 1.17. The third-order valence-corrected chi connectivity index (χ3v) is 11.4.